The number of dihydropyridines is 1. The lowest BCUT2D eigenvalue weighted by atomic mass is 9.75. The van der Waals surface area contributed by atoms with Crippen molar-refractivity contribution in [2.24, 2.45) is 0 Å². The van der Waals surface area contributed by atoms with Crippen LogP contribution in [0.4, 0.5) is 0 Å². The zero-order chi connectivity index (χ0) is 22.5. The van der Waals surface area contributed by atoms with E-state index in [-0.39, 0.29) is 19.0 Å². The highest BCUT2D eigenvalue weighted by molar-refractivity contribution is 6.03. The predicted octanol–water partition coefficient (Wildman–Crippen LogP) is 4.84. The summed E-state index contributed by atoms with van der Waals surface area (Å²) in [6.45, 7) is 4.38. The Balaban J connectivity index is 1.56. The van der Waals surface area contributed by atoms with E-state index in [0.29, 0.717) is 17.6 Å². The van der Waals surface area contributed by atoms with Crippen LogP contribution in [0.5, 0.6) is 5.75 Å². The number of nitrogens with one attached hydrogen (secondary N) is 1. The number of esters is 1. The molecule has 0 saturated heterocycles. The summed E-state index contributed by atoms with van der Waals surface area (Å²) in [5.74, 6) is 0.0111. The molecule has 2 aromatic carbocycles. The van der Waals surface area contributed by atoms with Crippen molar-refractivity contribution in [3.8, 4) is 5.75 Å². The van der Waals surface area contributed by atoms with Gasteiger partial charge >= 0.3 is 5.97 Å². The van der Waals surface area contributed by atoms with Crippen molar-refractivity contribution in [1.82, 2.24) is 5.32 Å². The molecule has 1 aliphatic heterocycles. The topological polar surface area (TPSA) is 64.6 Å². The molecule has 1 heterocycles. The molecule has 0 spiro atoms. The summed E-state index contributed by atoms with van der Waals surface area (Å²) >= 11 is 0. The van der Waals surface area contributed by atoms with Gasteiger partial charge < -0.3 is 14.8 Å². The van der Waals surface area contributed by atoms with Crippen molar-refractivity contribution >= 4 is 11.8 Å². The number of hydrogen-bond acceptors (Lipinski definition) is 5. The minimum atomic E-state index is -0.416. The van der Waals surface area contributed by atoms with E-state index in [1.165, 1.54) is 5.56 Å². The summed E-state index contributed by atoms with van der Waals surface area (Å²) in [5.41, 5.74) is 5.05. The zero-order valence-corrected chi connectivity index (χ0v) is 18.6. The lowest BCUT2D eigenvalue weighted by molar-refractivity contribution is -0.140. The second-order valence-electron chi connectivity index (χ2n) is 8.16. The van der Waals surface area contributed by atoms with Crippen molar-refractivity contribution in [1.29, 1.82) is 0 Å². The average Bonchev–Trinajstić information content (AvgIpc) is 2.82. The van der Waals surface area contributed by atoms with Gasteiger partial charge in [0, 0.05) is 29.3 Å². The summed E-state index contributed by atoms with van der Waals surface area (Å²) in [5, 5.41) is 3.32. The normalized spacial score (nSPS) is 18.2. The van der Waals surface area contributed by atoms with Gasteiger partial charge in [0.25, 0.3) is 0 Å². The molecule has 0 saturated carbocycles. The maximum Gasteiger partial charge on any atom is 0.336 e. The van der Waals surface area contributed by atoms with Crippen molar-refractivity contribution in [3.63, 3.8) is 0 Å². The van der Waals surface area contributed by atoms with Crippen molar-refractivity contribution in [3.05, 3.63) is 88.3 Å². The number of allylic oxidation sites excluding steroid dienone is 3. The molecule has 4 rings (SSSR count). The van der Waals surface area contributed by atoms with E-state index in [9.17, 15) is 9.59 Å². The number of carbonyl (C=O) groups excluding carboxylic acids is 2. The van der Waals surface area contributed by atoms with Crippen LogP contribution in [0, 0.1) is 0 Å². The molecule has 2 aliphatic rings. The molecule has 0 aromatic heterocycles. The molecule has 2 aromatic rings. The standard InChI is InChI=1S/C27H29NO4/c1-3-19-12-14-20(15-13-19)25-24(18(2)28-22-10-7-11-23(29)26(22)25)27(30)32-17-16-31-21-8-5-4-6-9-21/h4-6,8-9,12-15,25,28H,3,7,10-11,16-17H2,1-2H3/t25-/m0/s1. The Labute approximate surface area is 189 Å². The Morgan fingerprint density at radius 1 is 1.03 bits per heavy atom. The fourth-order valence-electron chi connectivity index (χ4n) is 4.42. The van der Waals surface area contributed by atoms with Crippen LogP contribution in [-0.2, 0) is 20.7 Å². The van der Waals surface area contributed by atoms with Crippen LogP contribution in [0.2, 0.25) is 0 Å². The van der Waals surface area contributed by atoms with Crippen LogP contribution >= 0.6 is 0 Å². The number of carbonyl (C=O) groups is 2. The molecule has 166 valence electrons. The zero-order valence-electron chi connectivity index (χ0n) is 18.6. The fourth-order valence-corrected chi connectivity index (χ4v) is 4.42. The molecule has 0 bridgehead atoms. The van der Waals surface area contributed by atoms with E-state index >= 15 is 0 Å². The summed E-state index contributed by atoms with van der Waals surface area (Å²) in [4.78, 5) is 26.1. The molecule has 32 heavy (non-hydrogen) atoms. The fraction of sp³-hybridized carbons (Fsp3) is 0.333. The summed E-state index contributed by atoms with van der Waals surface area (Å²) < 4.78 is 11.2. The maximum atomic E-state index is 13.2. The largest absolute Gasteiger partial charge is 0.490 e. The van der Waals surface area contributed by atoms with Crippen LogP contribution in [0.25, 0.3) is 0 Å². The molecule has 0 unspecified atom stereocenters. The number of para-hydroxylation sites is 1. The Hall–Kier alpha value is -3.34. The van der Waals surface area contributed by atoms with E-state index in [0.717, 1.165) is 42.0 Å². The SMILES string of the molecule is CCc1ccc([C@H]2C(C(=O)OCCOc3ccccc3)=C(C)NC3=C2C(=O)CCC3)cc1. The molecular weight excluding hydrogens is 402 g/mol. The quantitative estimate of drug-likeness (QED) is 0.502. The van der Waals surface area contributed by atoms with Crippen LogP contribution in [0.1, 0.15) is 50.2 Å². The van der Waals surface area contributed by atoms with Crippen molar-refractivity contribution in [2.45, 2.75) is 45.4 Å². The average molecular weight is 432 g/mol. The number of rotatable bonds is 7. The number of benzene rings is 2. The van der Waals surface area contributed by atoms with Gasteiger partial charge in [-0.05, 0) is 49.4 Å². The highest BCUT2D eigenvalue weighted by atomic mass is 16.6. The lowest BCUT2D eigenvalue weighted by Gasteiger charge is -2.34. The molecule has 5 nitrogen and oxygen atoms in total. The van der Waals surface area contributed by atoms with Gasteiger partial charge in [-0.1, -0.05) is 49.4 Å². The van der Waals surface area contributed by atoms with Gasteiger partial charge in [0.05, 0.1) is 5.57 Å². The highest BCUT2D eigenvalue weighted by Crippen LogP contribution is 2.42. The third kappa shape index (κ3) is 4.62. The van der Waals surface area contributed by atoms with E-state index in [1.54, 1.807) is 0 Å². The second-order valence-corrected chi connectivity index (χ2v) is 8.16. The number of Topliss-reactive ketones (excluding diaryl/α,β-unsaturated/α-hetero) is 1. The first-order chi connectivity index (χ1) is 15.6. The van der Waals surface area contributed by atoms with Crippen LogP contribution in [0.3, 0.4) is 0 Å². The Morgan fingerprint density at radius 2 is 1.78 bits per heavy atom. The Morgan fingerprint density at radius 3 is 2.50 bits per heavy atom. The Bertz CT molecular complexity index is 1050. The highest BCUT2D eigenvalue weighted by Gasteiger charge is 2.39. The van der Waals surface area contributed by atoms with Gasteiger partial charge in [-0.25, -0.2) is 4.79 Å². The van der Waals surface area contributed by atoms with Gasteiger partial charge in [0.1, 0.15) is 19.0 Å². The van der Waals surface area contributed by atoms with Crippen molar-refractivity contribution in [2.75, 3.05) is 13.2 Å². The minimum Gasteiger partial charge on any atom is -0.490 e. The first-order valence-corrected chi connectivity index (χ1v) is 11.3. The Kier molecular flexibility index (Phi) is 6.74. The summed E-state index contributed by atoms with van der Waals surface area (Å²) in [6, 6.07) is 17.6. The molecular formula is C27H29NO4. The third-order valence-electron chi connectivity index (χ3n) is 6.05. The first kappa shape index (κ1) is 21.9. The monoisotopic (exact) mass is 431 g/mol. The van der Waals surface area contributed by atoms with Gasteiger partial charge in [-0.2, -0.15) is 0 Å². The minimum absolute atomic E-state index is 0.105. The lowest BCUT2D eigenvalue weighted by Crippen LogP contribution is -2.34. The van der Waals surface area contributed by atoms with E-state index < -0.39 is 11.9 Å². The van der Waals surface area contributed by atoms with Crippen molar-refractivity contribution < 1.29 is 19.1 Å². The molecule has 1 aliphatic carbocycles. The predicted molar refractivity (Wildman–Crippen MR) is 123 cm³/mol. The molecule has 0 fully saturated rings. The molecule has 0 amide bonds. The third-order valence-corrected chi connectivity index (χ3v) is 6.05. The van der Waals surface area contributed by atoms with E-state index in [4.69, 9.17) is 9.47 Å². The van der Waals surface area contributed by atoms with E-state index in [1.807, 2.05) is 49.4 Å². The summed E-state index contributed by atoms with van der Waals surface area (Å²) in [7, 11) is 0. The van der Waals surface area contributed by atoms with E-state index in [2.05, 4.69) is 24.4 Å². The number of ether oxygens (including phenoxy) is 2. The summed E-state index contributed by atoms with van der Waals surface area (Å²) in [6.07, 6.45) is 3.09. The van der Waals surface area contributed by atoms with Gasteiger partial charge in [0.2, 0.25) is 0 Å². The first-order valence-electron chi connectivity index (χ1n) is 11.3. The molecule has 0 radical (unpaired) electrons. The van der Waals surface area contributed by atoms with Gasteiger partial charge in [-0.15, -0.1) is 0 Å². The van der Waals surface area contributed by atoms with Gasteiger partial charge in [-0.3, -0.25) is 4.79 Å². The maximum absolute atomic E-state index is 13.2. The number of aryl methyl sites for hydroxylation is 1. The number of hydrogen-bond donors (Lipinski definition) is 1. The van der Waals surface area contributed by atoms with Crippen LogP contribution < -0.4 is 10.1 Å². The van der Waals surface area contributed by atoms with Crippen LogP contribution in [0.15, 0.2) is 77.1 Å². The second kappa shape index (κ2) is 9.86. The smallest absolute Gasteiger partial charge is 0.336 e. The molecule has 1 N–H and O–H groups in total. The van der Waals surface area contributed by atoms with Crippen LogP contribution in [-0.4, -0.2) is 25.0 Å². The number of ketones is 1. The molecule has 1 atom stereocenters. The molecule has 5 heteroatoms. The van der Waals surface area contributed by atoms with Gasteiger partial charge in [0.15, 0.2) is 5.78 Å².